The summed E-state index contributed by atoms with van der Waals surface area (Å²) in [7, 11) is 18.9. The largest absolute Gasteiger partial charge is 0.323 e. The third-order valence-corrected chi connectivity index (χ3v) is 4.61. The first kappa shape index (κ1) is 20.3. The minimum Gasteiger partial charge on any atom is -0.323 e. The third-order valence-electron chi connectivity index (χ3n) is 2.55. The topological polar surface area (TPSA) is 12.0 Å². The predicted molar refractivity (Wildman–Crippen MR) is 89.6 cm³/mol. The van der Waals surface area contributed by atoms with E-state index in [1.54, 1.807) is 0 Å². The molecule has 0 aliphatic heterocycles. The van der Waals surface area contributed by atoms with Gasteiger partial charge in [0.2, 0.25) is 0 Å². The van der Waals surface area contributed by atoms with Gasteiger partial charge < -0.3 is 5.32 Å². The van der Waals surface area contributed by atoms with Crippen molar-refractivity contribution in [3.05, 3.63) is 34.4 Å². The summed E-state index contributed by atoms with van der Waals surface area (Å²) < 4.78 is 25.1. The molecule has 1 aromatic rings. The number of halogens is 5. The molecule has 0 saturated heterocycles. The molecule has 118 valence electrons. The smallest absolute Gasteiger partial charge is 0.263 e. The van der Waals surface area contributed by atoms with Crippen LogP contribution in [0.4, 0.5) is 8.78 Å². The lowest BCUT2D eigenvalue weighted by molar-refractivity contribution is 0.151. The summed E-state index contributed by atoms with van der Waals surface area (Å²) in [5.74, 6) is 0.452. The van der Waals surface area contributed by atoms with E-state index in [-0.39, 0.29) is 5.56 Å². The maximum atomic E-state index is 12.6. The summed E-state index contributed by atoms with van der Waals surface area (Å²) in [6, 6.07) is 3.00. The van der Waals surface area contributed by atoms with Gasteiger partial charge in [-0.15, -0.1) is 0 Å². The maximum Gasteiger partial charge on any atom is 0.263 e. The van der Waals surface area contributed by atoms with Crippen LogP contribution < -0.4 is 5.32 Å². The van der Waals surface area contributed by atoms with Crippen LogP contribution in [-0.4, -0.2) is 19.8 Å². The number of nitrogens with one attached hydrogen (secondary N) is 1. The Morgan fingerprint density at radius 3 is 1.80 bits per heavy atom. The molecule has 0 unspecified atom stereocenters. The zero-order valence-electron chi connectivity index (χ0n) is 11.9. The second-order valence-electron chi connectivity index (χ2n) is 4.39. The minimum atomic E-state index is -2.44. The summed E-state index contributed by atoms with van der Waals surface area (Å²) in [5, 5.41) is 2.75. The second kappa shape index (κ2) is 9.31. The zero-order valence-corrected chi connectivity index (χ0v) is 15.0. The number of hydrogen-bond acceptors (Lipinski definition) is 1. The highest BCUT2D eigenvalue weighted by atomic mass is 36.2. The fourth-order valence-electron chi connectivity index (χ4n) is 1.77. The highest BCUT2D eigenvalue weighted by Crippen LogP contribution is 2.63. The van der Waals surface area contributed by atoms with Gasteiger partial charge in [-0.2, -0.15) is 0 Å². The van der Waals surface area contributed by atoms with E-state index in [0.717, 1.165) is 16.7 Å². The van der Waals surface area contributed by atoms with Gasteiger partial charge in [0, 0.05) is 11.3 Å². The summed E-state index contributed by atoms with van der Waals surface area (Å²) in [6.07, 6.45) is -1.84. The lowest BCUT2D eigenvalue weighted by Gasteiger charge is -2.18. The number of hydrogen-bond donors (Lipinski definition) is 1. The van der Waals surface area contributed by atoms with E-state index in [4.69, 9.17) is 32.0 Å². The molecule has 0 fully saturated rings. The molecule has 0 amide bonds. The Hall–Kier alpha value is 0.260. The molecule has 0 aromatic heterocycles. The van der Waals surface area contributed by atoms with Crippen LogP contribution in [0.1, 0.15) is 28.7 Å². The molecule has 0 heterocycles. The van der Waals surface area contributed by atoms with Crippen molar-refractivity contribution in [1.29, 1.82) is 0 Å². The van der Waals surface area contributed by atoms with Crippen LogP contribution in [0.15, 0.2) is 12.1 Å². The van der Waals surface area contributed by atoms with Crippen molar-refractivity contribution in [3.8, 4) is 0 Å². The van der Waals surface area contributed by atoms with Gasteiger partial charge in [0.25, 0.3) is 6.43 Å². The van der Waals surface area contributed by atoms with Crippen molar-refractivity contribution in [2.45, 2.75) is 26.7 Å². The normalized spacial score (nSPS) is 12.1. The fourth-order valence-corrected chi connectivity index (χ4v) is 2.89. The first-order chi connectivity index (χ1) is 9.12. The first-order valence-electron chi connectivity index (χ1n) is 5.98. The van der Waals surface area contributed by atoms with Crippen molar-refractivity contribution in [1.82, 2.24) is 5.32 Å². The number of aryl methyl sites for hydroxylation is 2. The molecular weight excluding hydrogens is 347 g/mol. The van der Waals surface area contributed by atoms with E-state index in [0.29, 0.717) is 12.2 Å². The Balaban J connectivity index is 0.00000110. The van der Waals surface area contributed by atoms with Gasteiger partial charge in [-0.05, 0) is 90.8 Å². The van der Waals surface area contributed by atoms with Crippen molar-refractivity contribution in [2.75, 3.05) is 19.8 Å². The minimum absolute atomic E-state index is 0.0463. The SMILES string of the molecule is CNC.Cc1cc(C(F)F)cc(C)c1CCS(Cl)(Cl)Cl. The number of benzene rings is 1. The van der Waals surface area contributed by atoms with Crippen molar-refractivity contribution in [3.63, 3.8) is 0 Å². The predicted octanol–water partition coefficient (Wildman–Crippen LogP) is 5.89. The number of alkyl halides is 2. The molecule has 0 atom stereocenters. The average molecular weight is 367 g/mol. The van der Waals surface area contributed by atoms with Gasteiger partial charge in [-0.3, -0.25) is 0 Å². The Morgan fingerprint density at radius 1 is 1.10 bits per heavy atom. The van der Waals surface area contributed by atoms with Crippen LogP contribution in [-0.2, 0) is 6.42 Å². The molecule has 0 aliphatic carbocycles. The van der Waals surface area contributed by atoms with Crippen molar-refractivity contribution < 1.29 is 8.78 Å². The molecule has 1 aromatic carbocycles. The third kappa shape index (κ3) is 7.89. The molecule has 0 radical (unpaired) electrons. The van der Waals surface area contributed by atoms with Crippen LogP contribution in [0.3, 0.4) is 0 Å². The van der Waals surface area contributed by atoms with Crippen LogP contribution >= 0.6 is 39.7 Å². The summed E-state index contributed by atoms with van der Waals surface area (Å²) in [4.78, 5) is 0. The second-order valence-corrected chi connectivity index (χ2v) is 12.0. The molecule has 0 bridgehead atoms. The molecule has 1 nitrogen and oxygen atoms in total. The molecule has 0 spiro atoms. The van der Waals surface area contributed by atoms with E-state index >= 15 is 0 Å². The van der Waals surface area contributed by atoms with Crippen LogP contribution in [0, 0.1) is 13.8 Å². The Kier molecular flexibility index (Phi) is 9.43. The van der Waals surface area contributed by atoms with Gasteiger partial charge in [0.05, 0.1) is 0 Å². The average Bonchev–Trinajstić information content (AvgIpc) is 2.26. The van der Waals surface area contributed by atoms with Gasteiger partial charge >= 0.3 is 0 Å². The summed E-state index contributed by atoms with van der Waals surface area (Å²) in [5.41, 5.74) is 2.70. The Bertz CT molecular complexity index is 400. The van der Waals surface area contributed by atoms with Crippen LogP contribution in [0.5, 0.6) is 0 Å². The van der Waals surface area contributed by atoms with Gasteiger partial charge in [0.1, 0.15) is 0 Å². The van der Waals surface area contributed by atoms with Gasteiger partial charge in [-0.25, -0.2) is 8.78 Å². The Labute approximate surface area is 134 Å². The van der Waals surface area contributed by atoms with E-state index in [9.17, 15) is 8.78 Å². The highest BCUT2D eigenvalue weighted by Gasteiger charge is 2.16. The van der Waals surface area contributed by atoms with E-state index < -0.39 is 14.1 Å². The quantitative estimate of drug-likeness (QED) is 0.701. The zero-order chi connectivity index (χ0) is 15.9. The monoisotopic (exact) mass is 365 g/mol. The summed E-state index contributed by atoms with van der Waals surface area (Å²) >= 11 is 0. The maximum absolute atomic E-state index is 12.6. The highest BCUT2D eigenvalue weighted by molar-refractivity contribution is 8.79. The van der Waals surface area contributed by atoms with E-state index in [2.05, 4.69) is 5.32 Å². The molecule has 20 heavy (non-hydrogen) atoms. The molecule has 0 saturated carbocycles. The van der Waals surface area contributed by atoms with Crippen molar-refractivity contribution >= 4 is 39.7 Å². The van der Waals surface area contributed by atoms with Gasteiger partial charge in [0.15, 0.2) is 0 Å². The lowest BCUT2D eigenvalue weighted by Crippen LogP contribution is -2.00. The molecule has 7 heteroatoms. The number of rotatable bonds is 4. The summed E-state index contributed by atoms with van der Waals surface area (Å²) in [6.45, 7) is 3.61. The van der Waals surface area contributed by atoms with Crippen LogP contribution in [0.2, 0.25) is 0 Å². The molecular formula is C13H20Cl3F2NS. The Morgan fingerprint density at radius 2 is 1.50 bits per heavy atom. The molecule has 1 N–H and O–H groups in total. The van der Waals surface area contributed by atoms with Crippen molar-refractivity contribution in [2.24, 2.45) is 0 Å². The van der Waals surface area contributed by atoms with Crippen LogP contribution in [0.25, 0.3) is 0 Å². The lowest BCUT2D eigenvalue weighted by atomic mass is 9.98. The molecule has 1 rings (SSSR count). The fraction of sp³-hybridized carbons (Fsp3) is 0.538. The first-order valence-corrected chi connectivity index (χ1v) is 10.3. The standard InChI is InChI=1S/C11H13Cl3F2S.C2H7N/c1-7-5-9(11(15)16)6-8(2)10(7)3-4-17(12,13)14;1-3-2/h5-6,11H,3-4H2,1-2H3;3H,1-2H3. The van der Waals surface area contributed by atoms with E-state index in [1.807, 2.05) is 27.9 Å². The van der Waals surface area contributed by atoms with Gasteiger partial charge in [-0.1, -0.05) is 12.1 Å². The van der Waals surface area contributed by atoms with E-state index in [1.165, 1.54) is 12.1 Å². The molecule has 0 aliphatic rings.